The van der Waals surface area contributed by atoms with Crippen LogP contribution in [0.2, 0.25) is 6.04 Å². The van der Waals surface area contributed by atoms with Crippen molar-refractivity contribution in [2.45, 2.75) is 51.0 Å². The van der Waals surface area contributed by atoms with Crippen LogP contribution in [0.3, 0.4) is 0 Å². The predicted octanol–water partition coefficient (Wildman–Crippen LogP) is 3.41. The van der Waals surface area contributed by atoms with Crippen LogP contribution >= 0.6 is 22.2 Å². The molecule has 0 saturated carbocycles. The smallest absolute Gasteiger partial charge is 0.237 e. The molecule has 0 aliphatic carbocycles. The third-order valence-electron chi connectivity index (χ3n) is 2.08. The number of hydrogen-bond acceptors (Lipinski definition) is 1. The summed E-state index contributed by atoms with van der Waals surface area (Å²) in [6.45, 7) is 0.339. The molecule has 0 aliphatic heterocycles. The minimum atomic E-state index is -1.33. The van der Waals surface area contributed by atoms with Crippen molar-refractivity contribution in [1.29, 1.82) is 0 Å². The van der Waals surface area contributed by atoms with E-state index in [9.17, 15) is 0 Å². The number of rotatable bonds is 9. The Morgan fingerprint density at radius 2 is 1.23 bits per heavy atom. The van der Waals surface area contributed by atoms with Crippen LogP contribution < -0.4 is 0 Å². The van der Waals surface area contributed by atoms with Crippen LogP contribution in [0.1, 0.15) is 44.9 Å². The lowest BCUT2D eigenvalue weighted by Gasteiger charge is -2.01. The van der Waals surface area contributed by atoms with Crippen LogP contribution in [0.5, 0.6) is 0 Å². The molecule has 0 heterocycles. The van der Waals surface area contributed by atoms with E-state index in [1.54, 1.807) is 0 Å². The summed E-state index contributed by atoms with van der Waals surface area (Å²) in [6.07, 6.45) is 8.42. The average Bonchev–Trinajstić information content (AvgIpc) is 2.09. The van der Waals surface area contributed by atoms with Gasteiger partial charge < -0.3 is 5.11 Å². The summed E-state index contributed by atoms with van der Waals surface area (Å²) >= 11 is 11.5. The second-order valence-electron chi connectivity index (χ2n) is 3.38. The van der Waals surface area contributed by atoms with Gasteiger partial charge in [0.2, 0.25) is 7.42 Å². The predicted molar refractivity (Wildman–Crippen MR) is 63.1 cm³/mol. The van der Waals surface area contributed by atoms with E-state index in [0.717, 1.165) is 12.5 Å². The Labute approximate surface area is 92.4 Å². The number of aliphatic hydroxyl groups excluding tert-OH is 1. The third-order valence-corrected chi connectivity index (χ3v) is 4.23. The minimum absolute atomic E-state index is 0.339. The Bertz CT molecular complexity index is 102. The van der Waals surface area contributed by atoms with Crippen molar-refractivity contribution in [3.63, 3.8) is 0 Å². The first kappa shape index (κ1) is 13.8. The average molecular weight is 243 g/mol. The first-order valence-corrected chi connectivity index (χ1v) is 9.47. The van der Waals surface area contributed by atoms with E-state index in [4.69, 9.17) is 27.3 Å². The molecule has 0 aliphatic rings. The van der Waals surface area contributed by atoms with Crippen molar-refractivity contribution in [3.8, 4) is 0 Å². The molecule has 0 fully saturated rings. The van der Waals surface area contributed by atoms with Gasteiger partial charge in [-0.1, -0.05) is 38.5 Å². The Morgan fingerprint density at radius 3 is 1.69 bits per heavy atom. The standard InChI is InChI=1S/C9H20Cl2OSi/c10-13(11)9-7-5-3-1-2-4-6-8-12/h12-13H,1-9H2. The van der Waals surface area contributed by atoms with E-state index < -0.39 is 7.42 Å². The fourth-order valence-electron chi connectivity index (χ4n) is 1.29. The molecule has 1 N–H and O–H groups in total. The summed E-state index contributed by atoms with van der Waals surface area (Å²) in [7, 11) is -1.33. The van der Waals surface area contributed by atoms with Gasteiger partial charge >= 0.3 is 0 Å². The molecule has 0 spiro atoms. The highest BCUT2D eigenvalue weighted by Crippen LogP contribution is 2.12. The van der Waals surface area contributed by atoms with Gasteiger partial charge in [0.1, 0.15) is 0 Å². The van der Waals surface area contributed by atoms with Crippen molar-refractivity contribution in [3.05, 3.63) is 0 Å². The Balaban J connectivity index is 2.84. The van der Waals surface area contributed by atoms with Gasteiger partial charge in [-0.2, -0.15) is 22.2 Å². The van der Waals surface area contributed by atoms with Crippen molar-refractivity contribution in [2.75, 3.05) is 6.61 Å². The van der Waals surface area contributed by atoms with Gasteiger partial charge in [0.25, 0.3) is 0 Å². The van der Waals surface area contributed by atoms with Gasteiger partial charge in [-0.25, -0.2) is 0 Å². The Morgan fingerprint density at radius 1 is 0.769 bits per heavy atom. The maximum Gasteiger partial charge on any atom is 0.237 e. The summed E-state index contributed by atoms with van der Waals surface area (Å²) in [5.41, 5.74) is 0. The molecule has 0 unspecified atom stereocenters. The monoisotopic (exact) mass is 242 g/mol. The summed E-state index contributed by atoms with van der Waals surface area (Å²) in [5.74, 6) is 0. The van der Waals surface area contributed by atoms with Crippen molar-refractivity contribution < 1.29 is 5.11 Å². The molecular weight excluding hydrogens is 223 g/mol. The van der Waals surface area contributed by atoms with E-state index in [1.165, 1.54) is 38.5 Å². The van der Waals surface area contributed by atoms with E-state index >= 15 is 0 Å². The Hall–Kier alpha value is 0.757. The van der Waals surface area contributed by atoms with Crippen LogP contribution in [0.25, 0.3) is 0 Å². The molecule has 0 rings (SSSR count). The molecule has 0 aromatic rings. The van der Waals surface area contributed by atoms with E-state index in [0.29, 0.717) is 6.61 Å². The number of unbranched alkanes of at least 4 members (excludes halogenated alkanes) is 6. The largest absolute Gasteiger partial charge is 0.396 e. The second-order valence-corrected chi connectivity index (χ2v) is 8.57. The normalized spacial score (nSPS) is 11.1. The van der Waals surface area contributed by atoms with E-state index in [2.05, 4.69) is 0 Å². The first-order chi connectivity index (χ1) is 6.27. The van der Waals surface area contributed by atoms with Gasteiger partial charge in [0, 0.05) is 6.61 Å². The van der Waals surface area contributed by atoms with Gasteiger partial charge in [-0.15, -0.1) is 0 Å². The zero-order chi connectivity index (χ0) is 9.94. The minimum Gasteiger partial charge on any atom is -0.396 e. The first-order valence-electron chi connectivity index (χ1n) is 5.16. The molecule has 4 heteroatoms. The lowest BCUT2D eigenvalue weighted by atomic mass is 10.1. The third kappa shape index (κ3) is 12.8. The molecule has 0 amide bonds. The highest BCUT2D eigenvalue weighted by Gasteiger charge is 2.00. The van der Waals surface area contributed by atoms with Crippen LogP contribution in [-0.2, 0) is 0 Å². The highest BCUT2D eigenvalue weighted by molar-refractivity contribution is 7.33. The van der Waals surface area contributed by atoms with Crippen LogP contribution in [0.15, 0.2) is 0 Å². The number of aliphatic hydroxyl groups is 1. The summed E-state index contributed by atoms with van der Waals surface area (Å²) in [5, 5.41) is 8.54. The quantitative estimate of drug-likeness (QED) is 0.374. The van der Waals surface area contributed by atoms with Gasteiger partial charge in [0.15, 0.2) is 0 Å². The molecule has 0 radical (unpaired) electrons. The lowest BCUT2D eigenvalue weighted by molar-refractivity contribution is 0.282. The van der Waals surface area contributed by atoms with E-state index in [1.807, 2.05) is 0 Å². The van der Waals surface area contributed by atoms with Crippen molar-refractivity contribution in [1.82, 2.24) is 0 Å². The zero-order valence-electron chi connectivity index (χ0n) is 8.14. The second kappa shape index (κ2) is 10.8. The van der Waals surface area contributed by atoms with Gasteiger partial charge in [0.05, 0.1) is 0 Å². The highest BCUT2D eigenvalue weighted by atomic mass is 35.7. The zero-order valence-corrected chi connectivity index (χ0v) is 10.8. The number of halogens is 2. The molecule has 13 heavy (non-hydrogen) atoms. The van der Waals surface area contributed by atoms with Crippen LogP contribution in [-0.4, -0.2) is 19.1 Å². The SMILES string of the molecule is OCCCCCCCCC[SiH](Cl)Cl. The maximum absolute atomic E-state index is 8.54. The maximum atomic E-state index is 8.54. The fourth-order valence-corrected chi connectivity index (χ4v) is 2.82. The van der Waals surface area contributed by atoms with Crippen LogP contribution in [0.4, 0.5) is 0 Å². The van der Waals surface area contributed by atoms with Gasteiger partial charge in [-0.05, 0) is 12.5 Å². The molecule has 0 aromatic carbocycles. The molecule has 80 valence electrons. The summed E-state index contributed by atoms with van der Waals surface area (Å²) in [6, 6.07) is 1.06. The van der Waals surface area contributed by atoms with Crippen molar-refractivity contribution in [2.24, 2.45) is 0 Å². The Kier molecular flexibility index (Phi) is 11.5. The van der Waals surface area contributed by atoms with Gasteiger partial charge in [-0.3, -0.25) is 0 Å². The lowest BCUT2D eigenvalue weighted by Crippen LogP contribution is -1.91. The van der Waals surface area contributed by atoms with Crippen molar-refractivity contribution >= 4 is 29.6 Å². The van der Waals surface area contributed by atoms with Crippen LogP contribution in [0, 0.1) is 0 Å². The van der Waals surface area contributed by atoms with E-state index in [-0.39, 0.29) is 0 Å². The fraction of sp³-hybridized carbons (Fsp3) is 1.00. The molecule has 0 atom stereocenters. The molecule has 0 aromatic heterocycles. The molecule has 0 saturated heterocycles. The topological polar surface area (TPSA) is 20.2 Å². The number of hydrogen-bond donors (Lipinski definition) is 1. The summed E-state index contributed by atoms with van der Waals surface area (Å²) < 4.78 is 0. The molecular formula is C9H20Cl2OSi. The molecule has 1 nitrogen and oxygen atoms in total. The molecule has 0 bridgehead atoms. The summed E-state index contributed by atoms with van der Waals surface area (Å²) in [4.78, 5) is 0.